The zero-order valence-corrected chi connectivity index (χ0v) is 16.9. The lowest BCUT2D eigenvalue weighted by atomic mass is 10.3. The summed E-state index contributed by atoms with van der Waals surface area (Å²) in [4.78, 5) is 17.9. The van der Waals surface area contributed by atoms with Crippen molar-refractivity contribution in [3.8, 4) is 0 Å². The number of aliphatic imine (C=N–C) groups is 1. The summed E-state index contributed by atoms with van der Waals surface area (Å²) in [6.07, 6.45) is 1.10. The summed E-state index contributed by atoms with van der Waals surface area (Å²) in [5, 5.41) is 3.90. The molecule has 1 saturated heterocycles. The van der Waals surface area contributed by atoms with Crippen LogP contribution in [-0.4, -0.2) is 54.1 Å². The summed E-state index contributed by atoms with van der Waals surface area (Å²) in [5.74, 6) is 1.38. The molecule has 1 aromatic carbocycles. The van der Waals surface area contributed by atoms with E-state index >= 15 is 0 Å². The topological polar surface area (TPSA) is 82.7 Å². The normalized spacial score (nSPS) is 16.3. The van der Waals surface area contributed by atoms with Crippen molar-refractivity contribution in [2.75, 3.05) is 43.4 Å². The van der Waals surface area contributed by atoms with Crippen LogP contribution in [0.15, 0.2) is 29.3 Å². The summed E-state index contributed by atoms with van der Waals surface area (Å²) in [6, 6.07) is 7.12. The average Bonchev–Trinajstić information content (AvgIpc) is 2.82. The van der Waals surface area contributed by atoms with Crippen molar-refractivity contribution in [2.24, 2.45) is 10.7 Å². The minimum absolute atomic E-state index is 0.181. The number of rotatable bonds is 3. The zero-order valence-electron chi connectivity index (χ0n) is 15.4. The van der Waals surface area contributed by atoms with Crippen LogP contribution in [0.25, 0.3) is 0 Å². The molecule has 27 heavy (non-hydrogen) atoms. The number of halogens is 2. The van der Waals surface area contributed by atoms with Gasteiger partial charge in [0, 0.05) is 37.1 Å². The fraction of sp³-hybridized carbons (Fsp3) is 0.389. The second-order valence-corrected chi connectivity index (χ2v) is 7.38. The highest BCUT2D eigenvalue weighted by molar-refractivity contribution is 6.42. The van der Waals surface area contributed by atoms with Gasteiger partial charge in [0.15, 0.2) is 0 Å². The molecule has 2 aromatic rings. The van der Waals surface area contributed by atoms with E-state index in [1.807, 2.05) is 13.0 Å². The molecule has 9 heteroatoms. The lowest BCUT2D eigenvalue weighted by molar-refractivity contribution is 0.360. The third-order valence-corrected chi connectivity index (χ3v) is 5.02. The van der Waals surface area contributed by atoms with Crippen LogP contribution in [0, 0.1) is 6.92 Å². The number of nitrogens with one attached hydrogen (secondary N) is 1. The second kappa shape index (κ2) is 8.73. The largest absolute Gasteiger partial charge is 0.369 e. The van der Waals surface area contributed by atoms with E-state index in [1.165, 1.54) is 0 Å². The molecule has 3 N–H and O–H groups in total. The molecule has 0 spiro atoms. The fourth-order valence-electron chi connectivity index (χ4n) is 2.88. The third kappa shape index (κ3) is 5.45. The van der Waals surface area contributed by atoms with Crippen molar-refractivity contribution in [2.45, 2.75) is 13.3 Å². The van der Waals surface area contributed by atoms with Crippen molar-refractivity contribution in [3.05, 3.63) is 40.0 Å². The van der Waals surface area contributed by atoms with E-state index in [4.69, 9.17) is 28.9 Å². The van der Waals surface area contributed by atoms with Crippen molar-refractivity contribution >= 4 is 46.6 Å². The maximum Gasteiger partial charge on any atom is 0.254 e. The van der Waals surface area contributed by atoms with Crippen LogP contribution < -0.4 is 16.0 Å². The molecule has 144 valence electrons. The Labute approximate surface area is 169 Å². The first kappa shape index (κ1) is 19.7. The predicted molar refractivity (Wildman–Crippen MR) is 112 cm³/mol. The van der Waals surface area contributed by atoms with E-state index in [2.05, 4.69) is 37.1 Å². The number of likely N-dealkylation sites (N-methyl/N-ethyl adjacent to an activating group) is 1. The van der Waals surface area contributed by atoms with Gasteiger partial charge in [0.2, 0.25) is 5.96 Å². The van der Waals surface area contributed by atoms with Crippen LogP contribution in [0.5, 0.6) is 0 Å². The fourth-order valence-corrected chi connectivity index (χ4v) is 3.18. The summed E-state index contributed by atoms with van der Waals surface area (Å²) in [7, 11) is 2.14. The molecule has 1 aliphatic rings. The Bertz CT molecular complexity index is 840. The number of aromatic nitrogens is 2. The smallest absolute Gasteiger partial charge is 0.254 e. The maximum absolute atomic E-state index is 6.02. The van der Waals surface area contributed by atoms with E-state index in [9.17, 15) is 0 Å². The quantitative estimate of drug-likeness (QED) is 0.599. The predicted octanol–water partition coefficient (Wildman–Crippen LogP) is 3.29. The maximum atomic E-state index is 6.02. The summed E-state index contributed by atoms with van der Waals surface area (Å²) >= 11 is 11.9. The lowest BCUT2D eigenvalue weighted by Crippen LogP contribution is -2.29. The summed E-state index contributed by atoms with van der Waals surface area (Å²) in [5.41, 5.74) is 7.55. The van der Waals surface area contributed by atoms with E-state index in [-0.39, 0.29) is 5.96 Å². The third-order valence-electron chi connectivity index (χ3n) is 4.28. The average molecular weight is 408 g/mol. The summed E-state index contributed by atoms with van der Waals surface area (Å²) in [6.45, 7) is 5.90. The van der Waals surface area contributed by atoms with Gasteiger partial charge < -0.3 is 20.9 Å². The van der Waals surface area contributed by atoms with Crippen LogP contribution in [-0.2, 0) is 0 Å². The molecule has 0 amide bonds. The van der Waals surface area contributed by atoms with Crippen molar-refractivity contribution in [3.63, 3.8) is 0 Å². The number of nitrogens with zero attached hydrogens (tertiary/aromatic N) is 5. The van der Waals surface area contributed by atoms with E-state index in [1.54, 1.807) is 18.2 Å². The molecule has 0 unspecified atom stereocenters. The molecule has 1 fully saturated rings. The molecule has 0 saturated carbocycles. The molecule has 0 radical (unpaired) electrons. The monoisotopic (exact) mass is 407 g/mol. The van der Waals surface area contributed by atoms with Gasteiger partial charge in [0.05, 0.1) is 10.0 Å². The van der Waals surface area contributed by atoms with Gasteiger partial charge >= 0.3 is 0 Å². The van der Waals surface area contributed by atoms with E-state index < -0.39 is 0 Å². The second-order valence-electron chi connectivity index (χ2n) is 6.56. The highest BCUT2D eigenvalue weighted by Gasteiger charge is 2.15. The van der Waals surface area contributed by atoms with Gasteiger partial charge in [-0.05, 0) is 45.1 Å². The van der Waals surface area contributed by atoms with Gasteiger partial charge in [-0.2, -0.15) is 9.98 Å². The molecule has 3 rings (SSSR count). The van der Waals surface area contributed by atoms with Crippen LogP contribution in [0.4, 0.5) is 17.5 Å². The van der Waals surface area contributed by atoms with Crippen LogP contribution in [0.2, 0.25) is 10.0 Å². The van der Waals surface area contributed by atoms with Gasteiger partial charge in [0.25, 0.3) is 5.95 Å². The Morgan fingerprint density at radius 2 is 1.93 bits per heavy atom. The van der Waals surface area contributed by atoms with Gasteiger partial charge in [-0.3, -0.25) is 0 Å². The molecule has 0 atom stereocenters. The minimum atomic E-state index is 0.181. The van der Waals surface area contributed by atoms with Gasteiger partial charge in [-0.25, -0.2) is 4.98 Å². The highest BCUT2D eigenvalue weighted by Crippen LogP contribution is 2.25. The van der Waals surface area contributed by atoms with Crippen LogP contribution in [0.3, 0.4) is 0 Å². The molecule has 2 heterocycles. The van der Waals surface area contributed by atoms with Crippen molar-refractivity contribution < 1.29 is 0 Å². The number of guanidine groups is 1. The molecule has 0 bridgehead atoms. The Morgan fingerprint density at radius 3 is 2.70 bits per heavy atom. The first-order valence-corrected chi connectivity index (χ1v) is 9.52. The molecule has 1 aliphatic heterocycles. The Hall–Kier alpha value is -2.09. The molecule has 0 aliphatic carbocycles. The SMILES string of the molecule is Cc1cc(N2CCCN(C)CC2)nc(/N=C(\N)Nc2ccc(Cl)c(Cl)c2)n1. The molecule has 1 aromatic heterocycles. The number of hydrogen-bond acceptors (Lipinski definition) is 5. The summed E-state index contributed by atoms with van der Waals surface area (Å²) < 4.78 is 0. The molecular weight excluding hydrogens is 385 g/mol. The van der Waals surface area contributed by atoms with Crippen LogP contribution >= 0.6 is 23.2 Å². The van der Waals surface area contributed by atoms with Crippen LogP contribution in [0.1, 0.15) is 12.1 Å². The molecule has 7 nitrogen and oxygen atoms in total. The Kier molecular flexibility index (Phi) is 6.36. The van der Waals surface area contributed by atoms with Crippen molar-refractivity contribution in [1.29, 1.82) is 0 Å². The van der Waals surface area contributed by atoms with Gasteiger partial charge in [-0.1, -0.05) is 23.2 Å². The number of aryl methyl sites for hydroxylation is 1. The number of hydrogen-bond donors (Lipinski definition) is 2. The Balaban J connectivity index is 1.78. The number of nitrogens with two attached hydrogens (primary N) is 1. The lowest BCUT2D eigenvalue weighted by Gasteiger charge is -2.22. The zero-order chi connectivity index (χ0) is 19.4. The number of benzene rings is 1. The minimum Gasteiger partial charge on any atom is -0.369 e. The Morgan fingerprint density at radius 1 is 1.11 bits per heavy atom. The number of anilines is 2. The van der Waals surface area contributed by atoms with E-state index in [0.29, 0.717) is 21.7 Å². The van der Waals surface area contributed by atoms with Gasteiger partial charge in [-0.15, -0.1) is 0 Å². The van der Waals surface area contributed by atoms with Crippen molar-refractivity contribution in [1.82, 2.24) is 14.9 Å². The molecular formula is C18H23Cl2N7. The van der Waals surface area contributed by atoms with Gasteiger partial charge in [0.1, 0.15) is 5.82 Å². The standard InChI is InChI=1S/C18H23Cl2N7/c1-12-10-16(27-7-3-6-26(2)8-9-27)24-18(22-12)25-17(21)23-13-4-5-14(19)15(20)11-13/h4-5,10-11H,3,6-9H2,1-2H3,(H3,21,22,23,24,25). The highest BCUT2D eigenvalue weighted by atomic mass is 35.5. The van der Waals surface area contributed by atoms with E-state index in [0.717, 1.165) is 44.1 Å². The first-order valence-electron chi connectivity index (χ1n) is 8.76. The first-order chi connectivity index (χ1) is 12.9.